The molecular formula is C28H27N5O7. The monoisotopic (exact) mass is 545 g/mol. The highest BCUT2D eigenvalue weighted by molar-refractivity contribution is 5.30. The molecule has 0 atom stereocenters. The summed E-state index contributed by atoms with van der Waals surface area (Å²) in [5.74, 6) is 1.74. The first kappa shape index (κ1) is 40.8. The van der Waals surface area contributed by atoms with Crippen LogP contribution in [0.3, 0.4) is 0 Å². The number of ether oxygens (including phenoxy) is 1. The molecule has 40 heavy (non-hydrogen) atoms. The summed E-state index contributed by atoms with van der Waals surface area (Å²) in [6.45, 7) is 0. The van der Waals surface area contributed by atoms with E-state index in [1.165, 1.54) is 5.34 Å². The first-order valence-electron chi connectivity index (χ1n) is 10.4. The SMILES string of the molecule is N=C=O.N=C=O.N=C=O.N=C=O.O=NO.c1ccc(Oc2ccccc2)cc1.c1ccccc1.c1ccccc1. The van der Waals surface area contributed by atoms with Crippen LogP contribution in [0.1, 0.15) is 0 Å². The topological polar surface area (TPSA) is 223 Å². The molecule has 0 radical (unpaired) electrons. The summed E-state index contributed by atoms with van der Waals surface area (Å²) in [4.78, 5) is 41.5. The number of benzene rings is 4. The molecule has 12 heteroatoms. The van der Waals surface area contributed by atoms with Crippen LogP contribution in [0.4, 0.5) is 0 Å². The van der Waals surface area contributed by atoms with Gasteiger partial charge in [-0.25, -0.2) is 40.8 Å². The molecule has 0 unspecified atom stereocenters. The van der Waals surface area contributed by atoms with E-state index in [9.17, 15) is 0 Å². The van der Waals surface area contributed by atoms with E-state index in [1.54, 1.807) is 0 Å². The van der Waals surface area contributed by atoms with Crippen LogP contribution >= 0.6 is 0 Å². The standard InChI is InChI=1S/C12H10O.2C6H6.4CHNO.HNO2/c1-3-7-11(8-4-1)13-12-9-5-2-6-10-12;2*1-2-4-6-5-3-1;5*2-1-3/h1-10H;2*1-6H;4*2H;(H,2,3). The summed E-state index contributed by atoms with van der Waals surface area (Å²) in [6, 6.07) is 43.5. The Morgan fingerprint density at radius 2 is 0.575 bits per heavy atom. The Morgan fingerprint density at radius 1 is 0.450 bits per heavy atom. The lowest BCUT2D eigenvalue weighted by Gasteiger charge is -2.03. The van der Waals surface area contributed by atoms with Gasteiger partial charge in [-0.15, -0.1) is 4.91 Å². The zero-order valence-electron chi connectivity index (χ0n) is 21.0. The second kappa shape index (κ2) is 42.7. The second-order valence-corrected chi connectivity index (χ2v) is 5.53. The summed E-state index contributed by atoms with van der Waals surface area (Å²) in [5.41, 5.74) is 0. The van der Waals surface area contributed by atoms with Gasteiger partial charge in [-0.05, 0) is 24.3 Å². The number of nitrogens with one attached hydrogen (secondary N) is 4. The van der Waals surface area contributed by atoms with Crippen molar-refractivity contribution in [3.8, 4) is 11.5 Å². The van der Waals surface area contributed by atoms with Crippen molar-refractivity contribution in [1.29, 1.82) is 21.6 Å². The molecule has 0 spiro atoms. The molecule has 4 aromatic carbocycles. The van der Waals surface area contributed by atoms with E-state index in [4.69, 9.17) is 55.7 Å². The van der Waals surface area contributed by atoms with Crippen LogP contribution in [0.25, 0.3) is 0 Å². The van der Waals surface area contributed by atoms with Crippen LogP contribution in [0, 0.1) is 26.5 Å². The van der Waals surface area contributed by atoms with Crippen molar-refractivity contribution in [3.63, 3.8) is 0 Å². The fourth-order valence-electron chi connectivity index (χ4n) is 1.88. The zero-order valence-corrected chi connectivity index (χ0v) is 21.0. The Morgan fingerprint density at radius 3 is 0.725 bits per heavy atom. The van der Waals surface area contributed by atoms with Gasteiger partial charge in [0.25, 0.3) is 0 Å². The molecule has 0 fully saturated rings. The lowest BCUT2D eigenvalue weighted by atomic mass is 10.3. The Balaban J connectivity index is -0.000000206. The molecule has 0 heterocycles. The van der Waals surface area contributed by atoms with Crippen LogP contribution in [0.5, 0.6) is 11.5 Å². The van der Waals surface area contributed by atoms with E-state index >= 15 is 0 Å². The van der Waals surface area contributed by atoms with Crippen LogP contribution in [-0.2, 0) is 19.2 Å². The minimum Gasteiger partial charge on any atom is -0.457 e. The van der Waals surface area contributed by atoms with E-state index in [2.05, 4.69) is 0 Å². The highest BCUT2D eigenvalue weighted by Crippen LogP contribution is 2.19. The smallest absolute Gasteiger partial charge is 0.231 e. The largest absolute Gasteiger partial charge is 0.457 e. The zero-order chi connectivity index (χ0) is 31.0. The van der Waals surface area contributed by atoms with Crippen molar-refractivity contribution in [2.45, 2.75) is 0 Å². The van der Waals surface area contributed by atoms with Crippen molar-refractivity contribution >= 4 is 24.3 Å². The van der Waals surface area contributed by atoms with E-state index in [1.807, 2.05) is 133 Å². The molecule has 0 saturated heterocycles. The van der Waals surface area contributed by atoms with E-state index in [-0.39, 0.29) is 0 Å². The van der Waals surface area contributed by atoms with Gasteiger partial charge in [0.1, 0.15) is 11.5 Å². The highest BCUT2D eigenvalue weighted by Gasteiger charge is 1.92. The van der Waals surface area contributed by atoms with Gasteiger partial charge < -0.3 is 9.94 Å². The Labute approximate surface area is 230 Å². The fraction of sp³-hybridized carbons (Fsp3) is 0. The summed E-state index contributed by atoms with van der Waals surface area (Å²) in [6.07, 6.45) is 3.00. The second-order valence-electron chi connectivity index (χ2n) is 5.53. The molecule has 0 bridgehead atoms. The summed E-state index contributed by atoms with van der Waals surface area (Å²) >= 11 is 0. The third kappa shape index (κ3) is 45.1. The van der Waals surface area contributed by atoms with E-state index < -0.39 is 0 Å². The van der Waals surface area contributed by atoms with Crippen molar-refractivity contribution in [3.05, 3.63) is 138 Å². The molecule has 0 saturated carbocycles. The molecule has 4 aromatic rings. The van der Waals surface area contributed by atoms with Crippen LogP contribution < -0.4 is 4.74 Å². The number of hydrogen-bond acceptors (Lipinski definition) is 11. The van der Waals surface area contributed by atoms with Gasteiger partial charge in [0.15, 0.2) is 5.34 Å². The Hall–Kier alpha value is -6.40. The van der Waals surface area contributed by atoms with Gasteiger partial charge in [-0.1, -0.05) is 109 Å². The minimum atomic E-state index is 0.750. The summed E-state index contributed by atoms with van der Waals surface area (Å²) < 4.78 is 5.58. The Bertz CT molecular complexity index is 1000. The molecule has 0 aliphatic carbocycles. The van der Waals surface area contributed by atoms with Crippen molar-refractivity contribution < 1.29 is 29.1 Å². The average Bonchev–Trinajstić information content (AvgIpc) is 2.99. The average molecular weight is 546 g/mol. The maximum absolute atomic E-state index is 8.35. The molecule has 12 nitrogen and oxygen atoms in total. The fourth-order valence-corrected chi connectivity index (χ4v) is 1.88. The van der Waals surface area contributed by atoms with E-state index in [0.29, 0.717) is 0 Å². The first-order valence-corrected chi connectivity index (χ1v) is 10.4. The summed E-state index contributed by atoms with van der Waals surface area (Å²) in [7, 11) is 0. The number of hydrogen-bond donors (Lipinski definition) is 5. The molecule has 206 valence electrons. The van der Waals surface area contributed by atoms with Crippen LogP contribution in [0.15, 0.2) is 139 Å². The molecule has 4 rings (SSSR count). The van der Waals surface area contributed by atoms with E-state index in [0.717, 1.165) is 35.8 Å². The third-order valence-electron chi connectivity index (χ3n) is 3.06. The lowest BCUT2D eigenvalue weighted by molar-refractivity contribution is 0.312. The number of carbonyl (C=O) groups excluding carboxylic acids is 4. The van der Waals surface area contributed by atoms with Gasteiger partial charge in [0.05, 0.1) is 0 Å². The van der Waals surface area contributed by atoms with Gasteiger partial charge in [0.2, 0.25) is 24.3 Å². The number of para-hydroxylation sites is 2. The van der Waals surface area contributed by atoms with Gasteiger partial charge in [-0.2, -0.15) is 0 Å². The molecular weight excluding hydrogens is 518 g/mol. The first-order chi connectivity index (χ1) is 19.5. The minimum absolute atomic E-state index is 0.750. The quantitative estimate of drug-likeness (QED) is 0.0802. The maximum atomic E-state index is 8.35. The van der Waals surface area contributed by atoms with Gasteiger partial charge >= 0.3 is 0 Å². The predicted octanol–water partition coefficient (Wildman–Crippen LogP) is 6.60. The number of nitrogens with zero attached hydrogens (tertiary/aromatic N) is 1. The predicted molar refractivity (Wildman–Crippen MR) is 147 cm³/mol. The molecule has 0 aliphatic rings. The van der Waals surface area contributed by atoms with Crippen molar-refractivity contribution in [2.24, 2.45) is 5.34 Å². The third-order valence-corrected chi connectivity index (χ3v) is 3.06. The maximum Gasteiger partial charge on any atom is 0.231 e. The molecule has 0 aliphatic heterocycles. The highest BCUT2D eigenvalue weighted by atomic mass is 16.6. The van der Waals surface area contributed by atoms with Crippen molar-refractivity contribution in [2.75, 3.05) is 0 Å². The normalized spacial score (nSPS) is 6.60. The van der Waals surface area contributed by atoms with Gasteiger partial charge in [0, 0.05) is 0 Å². The van der Waals surface area contributed by atoms with Crippen LogP contribution in [-0.4, -0.2) is 29.5 Å². The van der Waals surface area contributed by atoms with Gasteiger partial charge in [-0.3, -0.25) is 0 Å². The lowest BCUT2D eigenvalue weighted by Crippen LogP contribution is -1.81. The van der Waals surface area contributed by atoms with Crippen molar-refractivity contribution in [1.82, 2.24) is 0 Å². The molecule has 0 amide bonds. The summed E-state index contributed by atoms with van der Waals surface area (Å²) in [5, 5.41) is 29.5. The molecule has 0 aromatic heterocycles. The van der Waals surface area contributed by atoms with Crippen LogP contribution in [0.2, 0.25) is 0 Å². The molecule has 5 N–H and O–H groups in total. The number of rotatable bonds is 2. The number of isocyanates is 4. The Kier molecular flexibility index (Phi) is 43.5.